The Morgan fingerprint density at radius 3 is 1.47 bits per heavy atom. The molecule has 0 aromatic heterocycles. The van der Waals surface area contributed by atoms with Crippen LogP contribution in [0.25, 0.3) is 0 Å². The van der Waals surface area contributed by atoms with Gasteiger partial charge in [0.05, 0.1) is 19.2 Å². The molecule has 0 saturated heterocycles. The van der Waals surface area contributed by atoms with Gasteiger partial charge >= 0.3 is 0 Å². The summed E-state index contributed by atoms with van der Waals surface area (Å²) in [5.74, 6) is -7.94. The molecule has 0 radical (unpaired) electrons. The number of nitrogens with two attached hydrogens (primary N) is 4. The number of aliphatic hydroxyl groups is 1. The Labute approximate surface area is 464 Å². The quantitative estimate of drug-likeness (QED) is 0.0214. The van der Waals surface area contributed by atoms with Gasteiger partial charge in [-0.1, -0.05) is 54.6 Å². The second-order valence-corrected chi connectivity index (χ2v) is 20.6. The molecule has 8 atom stereocenters. The SMILES string of the molecule is CC(C)(S)[C@H](NC(=O)[C@@H](N)Cc1ccc(O)cc1)C(=O)N[C@@H](Cc1ccc(O)cc1)C(=O)NCC(=O)N[C@@H](CO)C(=O)N[C@@H](Cc1ccccc1)C(=O)N[C@@H](CS)C(=O)N[C@@H](CCCCN)C(=O)N[C@@H](CCCCN)C(N)=O. The van der Waals surface area contributed by atoms with Crippen molar-refractivity contribution in [1.29, 1.82) is 0 Å². The lowest BCUT2D eigenvalue weighted by Crippen LogP contribution is -2.62. The van der Waals surface area contributed by atoms with Crippen molar-refractivity contribution in [2.75, 3.05) is 32.0 Å². The van der Waals surface area contributed by atoms with Gasteiger partial charge in [0, 0.05) is 23.3 Å². The minimum atomic E-state index is -1.69. The predicted molar refractivity (Wildman–Crippen MR) is 297 cm³/mol. The van der Waals surface area contributed by atoms with Gasteiger partial charge in [0.2, 0.25) is 53.2 Å². The van der Waals surface area contributed by atoms with E-state index in [9.17, 15) is 58.5 Å². The van der Waals surface area contributed by atoms with Crippen molar-refractivity contribution >= 4 is 78.4 Å². The van der Waals surface area contributed by atoms with E-state index in [-0.39, 0.29) is 49.4 Å². The van der Waals surface area contributed by atoms with Crippen LogP contribution in [0.2, 0.25) is 0 Å². The van der Waals surface area contributed by atoms with Gasteiger partial charge in [0.25, 0.3) is 0 Å². The summed E-state index contributed by atoms with van der Waals surface area (Å²) in [5.41, 5.74) is 24.6. The number of primary amides is 1. The number of phenols is 2. The van der Waals surface area contributed by atoms with Gasteiger partial charge in [0.15, 0.2) is 0 Å². The standard InChI is InChI=1S/C52H76N12O12S2/c1-52(2,78)43(64-45(70)35(55)24-31-14-18-33(66)19-15-31)51(76)62-38(26-32-16-20-34(67)21-17-32)46(71)57-27-42(68)58-40(28-65)49(74)61-39(25-30-10-4-3-5-11-30)48(73)63-41(29-77)50(75)60-37(13-7-9-23-54)47(72)59-36(44(56)69)12-6-8-22-53/h3-5,10-11,14-21,35-41,43,65-67,77-78H,6-9,12-13,22-29,53-55H2,1-2H3,(H2,56,69)(H,57,71)(H,58,68)(H,59,72)(H,60,75)(H,61,74)(H,62,76)(H,63,73)(H,64,70)/t35-,36-,37-,38-,39-,40-,41-,43+/m0/s1. The molecule has 0 aliphatic rings. The van der Waals surface area contributed by atoms with Crippen LogP contribution in [0.4, 0.5) is 0 Å². The number of hydrogen-bond donors (Lipinski definition) is 17. The molecule has 0 unspecified atom stereocenters. The van der Waals surface area contributed by atoms with E-state index in [0.717, 1.165) is 0 Å². The number of phenolic OH excluding ortho intramolecular Hbond substituents is 2. The summed E-state index contributed by atoms with van der Waals surface area (Å²) in [4.78, 5) is 122. The first-order valence-corrected chi connectivity index (χ1v) is 26.5. The summed E-state index contributed by atoms with van der Waals surface area (Å²) in [7, 11) is 0. The Kier molecular flexibility index (Phi) is 27.9. The molecule has 0 aliphatic carbocycles. The fraction of sp³-hybridized carbons (Fsp3) is 0.481. The van der Waals surface area contributed by atoms with E-state index in [1.807, 2.05) is 0 Å². The number of aromatic hydroxyl groups is 2. The Morgan fingerprint density at radius 1 is 0.526 bits per heavy atom. The van der Waals surface area contributed by atoms with Crippen LogP contribution in [-0.2, 0) is 62.4 Å². The third kappa shape index (κ3) is 22.9. The van der Waals surface area contributed by atoms with E-state index < -0.39 is 119 Å². The van der Waals surface area contributed by atoms with Crippen LogP contribution < -0.4 is 65.5 Å². The molecule has 9 amide bonds. The van der Waals surface area contributed by atoms with Crippen LogP contribution in [-0.4, -0.2) is 154 Å². The van der Waals surface area contributed by atoms with Gasteiger partial charge in [-0.25, -0.2) is 0 Å². The van der Waals surface area contributed by atoms with Crippen LogP contribution >= 0.6 is 25.3 Å². The molecule has 0 spiro atoms. The van der Waals surface area contributed by atoms with Gasteiger partial charge in [-0.05, 0) is 113 Å². The van der Waals surface area contributed by atoms with Crippen molar-refractivity contribution in [1.82, 2.24) is 42.5 Å². The number of thiol groups is 2. The molecule has 428 valence electrons. The third-order valence-electron chi connectivity index (χ3n) is 12.2. The summed E-state index contributed by atoms with van der Waals surface area (Å²) in [5, 5.41) is 50.0. The highest BCUT2D eigenvalue weighted by Gasteiger charge is 2.38. The fourth-order valence-electron chi connectivity index (χ4n) is 7.74. The van der Waals surface area contributed by atoms with Gasteiger partial charge in [-0.3, -0.25) is 43.2 Å². The van der Waals surface area contributed by atoms with Gasteiger partial charge in [-0.15, -0.1) is 0 Å². The second kappa shape index (κ2) is 33.4. The van der Waals surface area contributed by atoms with Crippen molar-refractivity contribution in [2.24, 2.45) is 22.9 Å². The normalized spacial score (nSPS) is 14.3. The first-order chi connectivity index (χ1) is 37.0. The molecule has 0 aliphatic heterocycles. The Bertz CT molecular complexity index is 2450. The molecule has 26 heteroatoms. The zero-order chi connectivity index (χ0) is 58.0. The molecule has 3 aromatic rings. The molecular formula is C52H76N12O12S2. The van der Waals surface area contributed by atoms with Crippen LogP contribution in [0.5, 0.6) is 11.5 Å². The van der Waals surface area contributed by atoms with Crippen LogP contribution in [0.3, 0.4) is 0 Å². The number of amides is 9. The van der Waals surface area contributed by atoms with Crippen molar-refractivity contribution in [3.05, 3.63) is 95.6 Å². The Hall–Kier alpha value is -6.97. The van der Waals surface area contributed by atoms with Crippen LogP contribution in [0, 0.1) is 0 Å². The first-order valence-electron chi connectivity index (χ1n) is 25.4. The maximum atomic E-state index is 14.0. The van der Waals surface area contributed by atoms with Crippen molar-refractivity contribution in [2.45, 2.75) is 125 Å². The molecule has 0 bridgehead atoms. The molecule has 24 nitrogen and oxygen atoms in total. The topological polar surface area (TPSA) is 415 Å². The average molecular weight is 1130 g/mol. The maximum Gasteiger partial charge on any atom is 0.245 e. The predicted octanol–water partition coefficient (Wildman–Crippen LogP) is -2.66. The minimum Gasteiger partial charge on any atom is -0.508 e. The monoisotopic (exact) mass is 1120 g/mol. The molecule has 0 saturated carbocycles. The van der Waals surface area contributed by atoms with E-state index in [1.165, 1.54) is 36.4 Å². The number of benzene rings is 3. The minimum absolute atomic E-state index is 0.0204. The van der Waals surface area contributed by atoms with E-state index >= 15 is 0 Å². The lowest BCUT2D eigenvalue weighted by molar-refractivity contribution is -0.135. The van der Waals surface area contributed by atoms with Crippen LogP contribution in [0.15, 0.2) is 78.9 Å². The average Bonchev–Trinajstić information content (AvgIpc) is 3.40. The van der Waals surface area contributed by atoms with Crippen molar-refractivity contribution < 1.29 is 58.5 Å². The highest BCUT2D eigenvalue weighted by Crippen LogP contribution is 2.20. The van der Waals surface area contributed by atoms with Gasteiger partial charge < -0.3 is 80.8 Å². The lowest BCUT2D eigenvalue weighted by atomic mass is 9.99. The largest absolute Gasteiger partial charge is 0.508 e. The van der Waals surface area contributed by atoms with Crippen molar-refractivity contribution in [3.8, 4) is 11.5 Å². The maximum absolute atomic E-state index is 14.0. The van der Waals surface area contributed by atoms with E-state index in [2.05, 4.69) is 67.8 Å². The van der Waals surface area contributed by atoms with E-state index in [1.54, 1.807) is 56.3 Å². The molecule has 19 N–H and O–H groups in total. The molecule has 0 fully saturated rings. The van der Waals surface area contributed by atoms with E-state index in [4.69, 9.17) is 22.9 Å². The Balaban J connectivity index is 1.76. The lowest BCUT2D eigenvalue weighted by Gasteiger charge is -2.32. The summed E-state index contributed by atoms with van der Waals surface area (Å²) < 4.78 is -1.22. The second-order valence-electron chi connectivity index (χ2n) is 19.1. The summed E-state index contributed by atoms with van der Waals surface area (Å²) in [6.07, 6.45) is 2.10. The fourth-order valence-corrected chi connectivity index (χ4v) is 8.17. The molecule has 3 aromatic carbocycles. The van der Waals surface area contributed by atoms with Crippen molar-refractivity contribution in [3.63, 3.8) is 0 Å². The van der Waals surface area contributed by atoms with Gasteiger partial charge in [0.1, 0.15) is 53.8 Å². The summed E-state index contributed by atoms with van der Waals surface area (Å²) in [6.45, 7) is 2.02. The smallest absolute Gasteiger partial charge is 0.245 e. The zero-order valence-corrected chi connectivity index (χ0v) is 45.5. The number of carbonyl (C=O) groups excluding carboxylic acids is 9. The number of hydrogen-bond acceptors (Lipinski definition) is 17. The summed E-state index contributed by atoms with van der Waals surface area (Å²) >= 11 is 8.81. The number of unbranched alkanes of at least 4 members (excludes halogenated alkanes) is 2. The first kappa shape index (κ1) is 65.3. The molecule has 0 heterocycles. The summed E-state index contributed by atoms with van der Waals surface area (Å²) in [6, 6.07) is 9.63. The molecule has 3 rings (SSSR count). The molecule has 78 heavy (non-hydrogen) atoms. The highest BCUT2D eigenvalue weighted by atomic mass is 32.1. The van der Waals surface area contributed by atoms with Gasteiger partial charge in [-0.2, -0.15) is 25.3 Å². The van der Waals surface area contributed by atoms with E-state index in [0.29, 0.717) is 55.5 Å². The zero-order valence-electron chi connectivity index (χ0n) is 43.7. The Morgan fingerprint density at radius 2 is 0.962 bits per heavy atom. The molecular weight excluding hydrogens is 1050 g/mol. The highest BCUT2D eigenvalue weighted by molar-refractivity contribution is 7.81. The number of nitrogens with one attached hydrogen (secondary N) is 8. The number of aliphatic hydroxyl groups excluding tert-OH is 1. The number of rotatable bonds is 34. The van der Waals surface area contributed by atoms with Crippen LogP contribution in [0.1, 0.15) is 69.1 Å². The number of carbonyl (C=O) groups is 9. The third-order valence-corrected chi connectivity index (χ3v) is 12.8.